The van der Waals surface area contributed by atoms with E-state index in [0.717, 1.165) is 10.6 Å². The minimum atomic E-state index is 0.0945. The summed E-state index contributed by atoms with van der Waals surface area (Å²) in [7, 11) is 0. The van der Waals surface area contributed by atoms with Gasteiger partial charge in [0, 0.05) is 5.02 Å². The molecule has 108 valence electrons. The van der Waals surface area contributed by atoms with E-state index in [9.17, 15) is 0 Å². The van der Waals surface area contributed by atoms with E-state index in [1.54, 1.807) is 6.08 Å². The maximum atomic E-state index is 6.00. The summed E-state index contributed by atoms with van der Waals surface area (Å²) in [5, 5.41) is 1.37. The van der Waals surface area contributed by atoms with Gasteiger partial charge in [0.25, 0.3) is 0 Å². The van der Waals surface area contributed by atoms with Gasteiger partial charge >= 0.3 is 0 Å². The third kappa shape index (κ3) is 4.66. The van der Waals surface area contributed by atoms with Crippen LogP contribution >= 0.6 is 23.4 Å². The van der Waals surface area contributed by atoms with E-state index in [2.05, 4.69) is 23.7 Å². The Kier molecular flexibility index (Phi) is 5.90. The molecule has 0 aliphatic heterocycles. The Morgan fingerprint density at radius 1 is 1.14 bits per heavy atom. The van der Waals surface area contributed by atoms with Crippen LogP contribution in [-0.2, 0) is 0 Å². The molecule has 0 amide bonds. The number of halogens is 1. The molecule has 0 heterocycles. The van der Waals surface area contributed by atoms with Gasteiger partial charge in [0.2, 0.25) is 0 Å². The predicted molar refractivity (Wildman–Crippen MR) is 94.0 cm³/mol. The first-order valence-electron chi connectivity index (χ1n) is 6.58. The summed E-state index contributed by atoms with van der Waals surface area (Å²) in [6.45, 7) is 4.18. The number of hydrogen-bond donors (Lipinski definition) is 1. The minimum absolute atomic E-state index is 0.0945. The summed E-state index contributed by atoms with van der Waals surface area (Å²) in [5.74, 6) is 0. The van der Waals surface area contributed by atoms with Crippen LogP contribution in [0.15, 0.2) is 72.2 Å². The molecule has 2 N–H and O–H groups in total. The largest absolute Gasteiger partial charge is 0.379 e. The number of rotatable bonds is 5. The Hall–Kier alpha value is -1.71. The fourth-order valence-electron chi connectivity index (χ4n) is 1.91. The Balaban J connectivity index is 2.31. The standard InChI is InChI=1S/C17H17ClN2S/c1-2-12-20-17(19)21-16(13-6-4-3-5-7-13)14-8-10-15(18)11-9-14/h2-11,16H,1,12H2,(H2,19,20)/t16-/m1/s1. The number of thioether (sulfide) groups is 1. The minimum Gasteiger partial charge on any atom is -0.379 e. The van der Waals surface area contributed by atoms with Crippen molar-refractivity contribution in [3.8, 4) is 0 Å². The SMILES string of the molecule is C=CCN=C(N)S[C@H](c1ccccc1)c1ccc(Cl)cc1. The molecule has 0 saturated heterocycles. The molecular formula is C17H17ClN2S. The zero-order chi connectivity index (χ0) is 15.1. The lowest BCUT2D eigenvalue weighted by molar-refractivity contribution is 1.16. The highest BCUT2D eigenvalue weighted by atomic mass is 35.5. The summed E-state index contributed by atoms with van der Waals surface area (Å²) >= 11 is 7.50. The Bertz CT molecular complexity index is 608. The molecule has 2 nitrogen and oxygen atoms in total. The summed E-state index contributed by atoms with van der Waals surface area (Å²) in [6, 6.07) is 18.1. The van der Waals surface area contributed by atoms with Gasteiger partial charge in [0.15, 0.2) is 5.17 Å². The van der Waals surface area contributed by atoms with E-state index in [4.69, 9.17) is 17.3 Å². The zero-order valence-electron chi connectivity index (χ0n) is 11.6. The number of nitrogens with zero attached hydrogens (tertiary/aromatic N) is 1. The van der Waals surface area contributed by atoms with Crippen LogP contribution in [-0.4, -0.2) is 11.7 Å². The maximum Gasteiger partial charge on any atom is 0.155 e. The molecule has 21 heavy (non-hydrogen) atoms. The Morgan fingerprint density at radius 3 is 2.38 bits per heavy atom. The quantitative estimate of drug-likeness (QED) is 0.495. The summed E-state index contributed by atoms with van der Waals surface area (Å²) in [6.07, 6.45) is 1.73. The Labute approximate surface area is 134 Å². The van der Waals surface area contributed by atoms with Gasteiger partial charge in [-0.25, -0.2) is 0 Å². The van der Waals surface area contributed by atoms with Gasteiger partial charge in [-0.3, -0.25) is 4.99 Å². The third-order valence-electron chi connectivity index (χ3n) is 2.89. The molecule has 0 bridgehead atoms. The fraction of sp³-hybridized carbons (Fsp3) is 0.118. The van der Waals surface area contributed by atoms with E-state index in [1.165, 1.54) is 17.3 Å². The second-order valence-electron chi connectivity index (χ2n) is 4.43. The molecule has 0 fully saturated rings. The topological polar surface area (TPSA) is 38.4 Å². The smallest absolute Gasteiger partial charge is 0.155 e. The van der Waals surface area contributed by atoms with Gasteiger partial charge < -0.3 is 5.73 Å². The van der Waals surface area contributed by atoms with Crippen LogP contribution in [0.2, 0.25) is 5.02 Å². The van der Waals surface area contributed by atoms with E-state index in [-0.39, 0.29) is 5.25 Å². The second kappa shape index (κ2) is 7.91. The van der Waals surface area contributed by atoms with Crippen molar-refractivity contribution >= 4 is 28.5 Å². The molecule has 0 saturated carbocycles. The third-order valence-corrected chi connectivity index (χ3v) is 4.29. The highest BCUT2D eigenvalue weighted by Gasteiger charge is 2.16. The molecular weight excluding hydrogens is 300 g/mol. The van der Waals surface area contributed by atoms with Crippen molar-refractivity contribution in [3.05, 3.63) is 83.4 Å². The summed E-state index contributed by atoms with van der Waals surface area (Å²) in [4.78, 5) is 4.26. The number of nitrogens with two attached hydrogens (primary N) is 1. The van der Waals surface area contributed by atoms with Gasteiger partial charge in [0.05, 0.1) is 11.8 Å². The normalized spacial score (nSPS) is 12.9. The number of hydrogen-bond acceptors (Lipinski definition) is 2. The van der Waals surface area contributed by atoms with Crippen molar-refractivity contribution in [2.75, 3.05) is 6.54 Å². The fourth-order valence-corrected chi connectivity index (χ4v) is 3.01. The first-order chi connectivity index (χ1) is 10.2. The molecule has 2 rings (SSSR count). The molecule has 2 aromatic rings. The van der Waals surface area contributed by atoms with Gasteiger partial charge in [-0.15, -0.1) is 6.58 Å². The average molecular weight is 317 g/mol. The molecule has 0 aromatic heterocycles. The highest BCUT2D eigenvalue weighted by Crippen LogP contribution is 2.35. The number of amidine groups is 1. The predicted octanol–water partition coefficient (Wildman–Crippen LogP) is 4.66. The first kappa shape index (κ1) is 15.7. The molecule has 0 aliphatic carbocycles. The van der Waals surface area contributed by atoms with Crippen molar-refractivity contribution in [2.24, 2.45) is 10.7 Å². The van der Waals surface area contributed by atoms with E-state index in [1.807, 2.05) is 42.5 Å². The van der Waals surface area contributed by atoms with Crippen LogP contribution in [0.1, 0.15) is 16.4 Å². The van der Waals surface area contributed by atoms with Crippen LogP contribution in [0.4, 0.5) is 0 Å². The van der Waals surface area contributed by atoms with Crippen molar-refractivity contribution in [2.45, 2.75) is 5.25 Å². The van der Waals surface area contributed by atoms with Gasteiger partial charge in [0.1, 0.15) is 0 Å². The molecule has 0 aliphatic rings. The number of benzene rings is 2. The number of aliphatic imine (C=N–C) groups is 1. The molecule has 2 aromatic carbocycles. The van der Waals surface area contributed by atoms with Crippen molar-refractivity contribution in [1.82, 2.24) is 0 Å². The van der Waals surface area contributed by atoms with E-state index < -0.39 is 0 Å². The molecule has 0 radical (unpaired) electrons. The lowest BCUT2D eigenvalue weighted by atomic mass is 10.0. The van der Waals surface area contributed by atoms with Crippen molar-refractivity contribution in [1.29, 1.82) is 0 Å². The summed E-state index contributed by atoms with van der Waals surface area (Å²) < 4.78 is 0. The van der Waals surface area contributed by atoms with E-state index >= 15 is 0 Å². The average Bonchev–Trinajstić information content (AvgIpc) is 2.52. The maximum absolute atomic E-state index is 6.00. The van der Waals surface area contributed by atoms with Crippen LogP contribution in [0.25, 0.3) is 0 Å². The van der Waals surface area contributed by atoms with E-state index in [0.29, 0.717) is 11.7 Å². The lowest BCUT2D eigenvalue weighted by Gasteiger charge is -2.17. The monoisotopic (exact) mass is 316 g/mol. The first-order valence-corrected chi connectivity index (χ1v) is 7.84. The Morgan fingerprint density at radius 2 is 1.76 bits per heavy atom. The lowest BCUT2D eigenvalue weighted by Crippen LogP contribution is -2.11. The second-order valence-corrected chi connectivity index (χ2v) is 5.99. The molecule has 0 unspecified atom stereocenters. The molecule has 4 heteroatoms. The van der Waals surface area contributed by atoms with Crippen LogP contribution in [0.3, 0.4) is 0 Å². The van der Waals surface area contributed by atoms with Crippen LogP contribution in [0.5, 0.6) is 0 Å². The molecule has 1 atom stereocenters. The van der Waals surface area contributed by atoms with Gasteiger partial charge in [-0.2, -0.15) is 0 Å². The van der Waals surface area contributed by atoms with Crippen molar-refractivity contribution < 1.29 is 0 Å². The van der Waals surface area contributed by atoms with Crippen LogP contribution < -0.4 is 5.73 Å². The van der Waals surface area contributed by atoms with Crippen molar-refractivity contribution in [3.63, 3.8) is 0 Å². The zero-order valence-corrected chi connectivity index (χ0v) is 13.1. The van der Waals surface area contributed by atoms with Crippen LogP contribution in [0, 0.1) is 0 Å². The van der Waals surface area contributed by atoms with Gasteiger partial charge in [-0.05, 0) is 23.3 Å². The highest BCUT2D eigenvalue weighted by molar-refractivity contribution is 8.14. The van der Waals surface area contributed by atoms with Gasteiger partial charge in [-0.1, -0.05) is 71.9 Å². The summed E-state index contributed by atoms with van der Waals surface area (Å²) in [5.41, 5.74) is 8.33. The molecule has 0 spiro atoms.